The molecule has 3 N–H and O–H groups in total. The zero-order chi connectivity index (χ0) is 9.40. The molecule has 0 aliphatic rings. The lowest BCUT2D eigenvalue weighted by Gasteiger charge is -2.09. The molecule has 4 nitrogen and oxygen atoms in total. The molecule has 0 heterocycles. The zero-order valence-corrected chi connectivity index (χ0v) is 7.07. The second kappa shape index (κ2) is 7.06. The van der Waals surface area contributed by atoms with Crippen LogP contribution in [0.3, 0.4) is 0 Å². The highest BCUT2D eigenvalue weighted by Crippen LogP contribution is 2.12. The van der Waals surface area contributed by atoms with Gasteiger partial charge in [0.1, 0.15) is 0 Å². The van der Waals surface area contributed by atoms with Crippen LogP contribution in [-0.2, 0) is 4.79 Å². The Morgan fingerprint density at radius 1 is 1.08 bits per heavy atom. The Balaban J connectivity index is 3.56. The largest absolute Gasteiger partial charge is 0.481 e. The van der Waals surface area contributed by atoms with Crippen molar-refractivity contribution in [2.75, 3.05) is 13.2 Å². The van der Waals surface area contributed by atoms with Crippen molar-refractivity contribution in [2.24, 2.45) is 5.92 Å². The summed E-state index contributed by atoms with van der Waals surface area (Å²) in [6, 6.07) is 0. The Bertz CT molecular complexity index is 124. The van der Waals surface area contributed by atoms with Crippen molar-refractivity contribution < 1.29 is 20.1 Å². The van der Waals surface area contributed by atoms with Gasteiger partial charge >= 0.3 is 5.97 Å². The summed E-state index contributed by atoms with van der Waals surface area (Å²) in [5, 5.41) is 25.6. The lowest BCUT2D eigenvalue weighted by atomic mass is 9.99. The van der Waals surface area contributed by atoms with Crippen LogP contribution in [0, 0.1) is 5.92 Å². The summed E-state index contributed by atoms with van der Waals surface area (Å²) in [7, 11) is 0. The first-order valence-corrected chi connectivity index (χ1v) is 4.17. The molecule has 0 aromatic heterocycles. The second-order valence-corrected chi connectivity index (χ2v) is 2.77. The number of carboxylic acids is 1. The van der Waals surface area contributed by atoms with Crippen molar-refractivity contribution in [1.29, 1.82) is 0 Å². The number of carbonyl (C=O) groups is 1. The van der Waals surface area contributed by atoms with E-state index >= 15 is 0 Å². The van der Waals surface area contributed by atoms with Crippen molar-refractivity contribution in [3.63, 3.8) is 0 Å². The van der Waals surface area contributed by atoms with Gasteiger partial charge in [-0.05, 0) is 19.3 Å². The third kappa shape index (κ3) is 5.09. The van der Waals surface area contributed by atoms with Gasteiger partial charge in [0.25, 0.3) is 0 Å². The van der Waals surface area contributed by atoms with Crippen molar-refractivity contribution in [3.8, 4) is 0 Å². The van der Waals surface area contributed by atoms with Crippen LogP contribution >= 0.6 is 0 Å². The van der Waals surface area contributed by atoms with E-state index in [9.17, 15) is 4.79 Å². The second-order valence-electron chi connectivity index (χ2n) is 2.77. The average molecular weight is 176 g/mol. The van der Waals surface area contributed by atoms with E-state index in [0.29, 0.717) is 25.7 Å². The number of aliphatic hydroxyl groups excluding tert-OH is 2. The maximum atomic E-state index is 10.5. The zero-order valence-electron chi connectivity index (χ0n) is 7.07. The number of aliphatic carboxylic acids is 1. The van der Waals surface area contributed by atoms with E-state index in [1.165, 1.54) is 0 Å². The van der Waals surface area contributed by atoms with E-state index in [1.54, 1.807) is 0 Å². The van der Waals surface area contributed by atoms with Gasteiger partial charge in [-0.25, -0.2) is 0 Å². The molecule has 0 rings (SSSR count). The summed E-state index contributed by atoms with van der Waals surface area (Å²) in [4.78, 5) is 10.5. The first kappa shape index (κ1) is 11.4. The fraction of sp³-hybridized carbons (Fsp3) is 0.875. The predicted molar refractivity (Wildman–Crippen MR) is 43.8 cm³/mol. The van der Waals surface area contributed by atoms with E-state index in [0.717, 1.165) is 0 Å². The van der Waals surface area contributed by atoms with Crippen LogP contribution in [0.5, 0.6) is 0 Å². The first-order chi connectivity index (χ1) is 5.72. The SMILES string of the molecule is O=C(O)C(CCO)CCCCO. The molecule has 0 aromatic rings. The van der Waals surface area contributed by atoms with Gasteiger partial charge in [-0.15, -0.1) is 0 Å². The van der Waals surface area contributed by atoms with Crippen LogP contribution < -0.4 is 0 Å². The molecular formula is C8H16O4. The minimum Gasteiger partial charge on any atom is -0.481 e. The highest BCUT2D eigenvalue weighted by atomic mass is 16.4. The van der Waals surface area contributed by atoms with Gasteiger partial charge < -0.3 is 15.3 Å². The number of hydrogen-bond acceptors (Lipinski definition) is 3. The molecule has 0 bridgehead atoms. The van der Waals surface area contributed by atoms with E-state index in [2.05, 4.69) is 0 Å². The molecule has 0 saturated heterocycles. The summed E-state index contributed by atoms with van der Waals surface area (Å²) in [5.41, 5.74) is 0. The van der Waals surface area contributed by atoms with Crippen LogP contribution in [0.1, 0.15) is 25.7 Å². The van der Waals surface area contributed by atoms with Crippen LogP contribution in [0.2, 0.25) is 0 Å². The summed E-state index contributed by atoms with van der Waals surface area (Å²) >= 11 is 0. The number of aliphatic hydroxyl groups is 2. The Kier molecular flexibility index (Phi) is 6.70. The first-order valence-electron chi connectivity index (χ1n) is 4.17. The molecule has 0 saturated carbocycles. The fourth-order valence-corrected chi connectivity index (χ4v) is 1.05. The molecule has 0 aromatic carbocycles. The van der Waals surface area contributed by atoms with Gasteiger partial charge in [-0.3, -0.25) is 4.79 Å². The fourth-order valence-electron chi connectivity index (χ4n) is 1.05. The van der Waals surface area contributed by atoms with Crippen LogP contribution in [0.15, 0.2) is 0 Å². The van der Waals surface area contributed by atoms with Gasteiger partial charge in [-0.1, -0.05) is 6.42 Å². The monoisotopic (exact) mass is 176 g/mol. The average Bonchev–Trinajstić information content (AvgIpc) is 2.03. The summed E-state index contributed by atoms with van der Waals surface area (Å²) in [6.45, 7) is 0.0154. The maximum Gasteiger partial charge on any atom is 0.306 e. The molecule has 0 fully saturated rings. The predicted octanol–water partition coefficient (Wildman–Crippen LogP) is 0.232. The van der Waals surface area contributed by atoms with E-state index in [4.69, 9.17) is 15.3 Å². The molecule has 0 radical (unpaired) electrons. The van der Waals surface area contributed by atoms with Gasteiger partial charge in [0.05, 0.1) is 5.92 Å². The third-order valence-corrected chi connectivity index (χ3v) is 1.79. The molecular weight excluding hydrogens is 160 g/mol. The summed E-state index contributed by atoms with van der Waals surface area (Å²) < 4.78 is 0. The molecule has 1 unspecified atom stereocenters. The number of hydrogen-bond donors (Lipinski definition) is 3. The maximum absolute atomic E-state index is 10.5. The lowest BCUT2D eigenvalue weighted by molar-refractivity contribution is -0.142. The normalized spacial score (nSPS) is 12.8. The molecule has 0 aliphatic heterocycles. The number of unbranched alkanes of at least 4 members (excludes halogenated alkanes) is 1. The minimum atomic E-state index is -0.859. The summed E-state index contributed by atoms with van der Waals surface area (Å²) in [6.07, 6.45) is 2.18. The standard InChI is InChI=1S/C8H16O4/c9-5-2-1-3-7(4-6-10)8(11)12/h7,9-10H,1-6H2,(H,11,12). The molecule has 12 heavy (non-hydrogen) atoms. The molecule has 1 atom stereocenters. The van der Waals surface area contributed by atoms with Crippen molar-refractivity contribution >= 4 is 5.97 Å². The topological polar surface area (TPSA) is 77.8 Å². The molecule has 0 spiro atoms. The van der Waals surface area contributed by atoms with Gasteiger partial charge in [0, 0.05) is 13.2 Å². The van der Waals surface area contributed by atoms with Crippen molar-refractivity contribution in [3.05, 3.63) is 0 Å². The number of rotatable bonds is 7. The molecule has 72 valence electrons. The molecule has 4 heteroatoms. The Hall–Kier alpha value is -0.610. The molecule has 0 aliphatic carbocycles. The quantitative estimate of drug-likeness (QED) is 0.485. The van der Waals surface area contributed by atoms with Crippen molar-refractivity contribution in [2.45, 2.75) is 25.7 Å². The Labute approximate surface area is 71.8 Å². The Morgan fingerprint density at radius 3 is 2.17 bits per heavy atom. The van der Waals surface area contributed by atoms with E-state index < -0.39 is 11.9 Å². The summed E-state index contributed by atoms with van der Waals surface area (Å²) in [5.74, 6) is -1.32. The van der Waals surface area contributed by atoms with Crippen molar-refractivity contribution in [1.82, 2.24) is 0 Å². The lowest BCUT2D eigenvalue weighted by Crippen LogP contribution is -2.15. The highest BCUT2D eigenvalue weighted by molar-refractivity contribution is 5.69. The number of carboxylic acid groups (broad SMARTS) is 1. The van der Waals surface area contributed by atoms with E-state index in [1.807, 2.05) is 0 Å². The van der Waals surface area contributed by atoms with Crippen LogP contribution in [-0.4, -0.2) is 34.5 Å². The van der Waals surface area contributed by atoms with Gasteiger partial charge in [-0.2, -0.15) is 0 Å². The Morgan fingerprint density at radius 2 is 1.75 bits per heavy atom. The minimum absolute atomic E-state index is 0.0872. The van der Waals surface area contributed by atoms with Gasteiger partial charge in [0.15, 0.2) is 0 Å². The van der Waals surface area contributed by atoms with Crippen LogP contribution in [0.25, 0.3) is 0 Å². The smallest absolute Gasteiger partial charge is 0.306 e. The van der Waals surface area contributed by atoms with E-state index in [-0.39, 0.29) is 13.2 Å². The highest BCUT2D eigenvalue weighted by Gasteiger charge is 2.15. The molecule has 0 amide bonds. The van der Waals surface area contributed by atoms with Crippen LogP contribution in [0.4, 0.5) is 0 Å². The van der Waals surface area contributed by atoms with Gasteiger partial charge in [0.2, 0.25) is 0 Å². The third-order valence-electron chi connectivity index (χ3n) is 1.79.